The molecule has 0 aliphatic carbocycles. The third kappa shape index (κ3) is 6.98. The molecule has 1 heterocycles. The Kier molecular flexibility index (Phi) is 8.82. The second-order valence-corrected chi connectivity index (χ2v) is 6.85. The molecule has 0 N–H and O–H groups in total. The average molecular weight is 331 g/mol. The van der Waals surface area contributed by atoms with Gasteiger partial charge in [0.05, 0.1) is 11.5 Å². The van der Waals surface area contributed by atoms with E-state index in [1.807, 2.05) is 18.2 Å². The molecule has 0 radical (unpaired) electrons. The van der Waals surface area contributed by atoms with Crippen LogP contribution in [0, 0.1) is 22.0 Å². The zero-order chi connectivity index (χ0) is 16.5. The van der Waals surface area contributed by atoms with Gasteiger partial charge in [-0.25, -0.2) is 0 Å². The standard InChI is InChI=1S/C15H29N3O3S/c1-5-17(10-14-6-7-21-12-14)9-13(2)8-16(3)15(22-4)11-18(19)20/h11,13-14H,5-10,12H2,1-4H3. The van der Waals surface area contributed by atoms with Crippen molar-refractivity contribution in [1.29, 1.82) is 0 Å². The summed E-state index contributed by atoms with van der Waals surface area (Å²) in [6.07, 6.45) is 4.12. The van der Waals surface area contributed by atoms with Crippen molar-refractivity contribution in [1.82, 2.24) is 9.80 Å². The number of hydrogen-bond donors (Lipinski definition) is 0. The van der Waals surface area contributed by atoms with Crippen molar-refractivity contribution in [2.45, 2.75) is 20.3 Å². The van der Waals surface area contributed by atoms with Gasteiger partial charge in [0.15, 0.2) is 0 Å². The van der Waals surface area contributed by atoms with Gasteiger partial charge >= 0.3 is 0 Å². The first-order chi connectivity index (χ1) is 10.5. The Hall–Kier alpha value is -0.790. The maximum Gasteiger partial charge on any atom is 0.264 e. The lowest BCUT2D eigenvalue weighted by molar-refractivity contribution is -0.403. The first kappa shape index (κ1) is 19.3. The summed E-state index contributed by atoms with van der Waals surface area (Å²) < 4.78 is 5.45. The molecule has 2 atom stereocenters. The molecule has 22 heavy (non-hydrogen) atoms. The third-order valence-electron chi connectivity index (χ3n) is 3.94. The predicted octanol–water partition coefficient (Wildman–Crippen LogP) is 2.35. The van der Waals surface area contributed by atoms with E-state index < -0.39 is 0 Å². The molecule has 0 spiro atoms. The first-order valence-electron chi connectivity index (χ1n) is 7.86. The molecule has 6 nitrogen and oxygen atoms in total. The molecule has 1 aliphatic rings. The fourth-order valence-electron chi connectivity index (χ4n) is 2.88. The molecule has 1 saturated heterocycles. The Labute approximate surface area is 138 Å². The zero-order valence-electron chi connectivity index (χ0n) is 14.2. The first-order valence-corrected chi connectivity index (χ1v) is 9.09. The van der Waals surface area contributed by atoms with Crippen molar-refractivity contribution in [2.24, 2.45) is 11.8 Å². The van der Waals surface area contributed by atoms with Crippen LogP contribution < -0.4 is 0 Å². The van der Waals surface area contributed by atoms with Gasteiger partial charge in [-0.05, 0) is 31.1 Å². The lowest BCUT2D eigenvalue weighted by atomic mass is 10.1. The Balaban J connectivity index is 2.44. The highest BCUT2D eigenvalue weighted by Crippen LogP contribution is 2.18. The minimum Gasteiger partial charge on any atom is -0.381 e. The van der Waals surface area contributed by atoms with Gasteiger partial charge in [0, 0.05) is 33.3 Å². The molecular weight excluding hydrogens is 302 g/mol. The molecule has 0 aromatic heterocycles. The highest BCUT2D eigenvalue weighted by Gasteiger charge is 2.20. The molecule has 1 aliphatic heterocycles. The number of hydrogen-bond acceptors (Lipinski definition) is 6. The molecule has 0 bridgehead atoms. The minimum absolute atomic E-state index is 0.383. The van der Waals surface area contributed by atoms with Crippen molar-refractivity contribution in [3.05, 3.63) is 21.3 Å². The summed E-state index contributed by atoms with van der Waals surface area (Å²) >= 11 is 1.41. The Bertz CT molecular complexity index is 373. The van der Waals surface area contributed by atoms with E-state index in [1.54, 1.807) is 0 Å². The highest BCUT2D eigenvalue weighted by molar-refractivity contribution is 8.02. The molecule has 2 unspecified atom stereocenters. The van der Waals surface area contributed by atoms with E-state index in [-0.39, 0.29) is 4.92 Å². The van der Waals surface area contributed by atoms with Crippen LogP contribution in [0.25, 0.3) is 0 Å². The van der Waals surface area contributed by atoms with Crippen molar-refractivity contribution < 1.29 is 9.66 Å². The number of ether oxygens (including phenoxy) is 1. The van der Waals surface area contributed by atoms with E-state index >= 15 is 0 Å². The lowest BCUT2D eigenvalue weighted by Gasteiger charge is -2.29. The Morgan fingerprint density at radius 2 is 2.27 bits per heavy atom. The molecular formula is C15H29N3O3S. The Morgan fingerprint density at radius 1 is 1.55 bits per heavy atom. The van der Waals surface area contributed by atoms with Gasteiger partial charge in [0.1, 0.15) is 5.03 Å². The van der Waals surface area contributed by atoms with Gasteiger partial charge in [0.25, 0.3) is 6.20 Å². The maximum atomic E-state index is 10.6. The second kappa shape index (κ2) is 10.1. The van der Waals surface area contributed by atoms with Crippen LogP contribution in [0.2, 0.25) is 0 Å². The summed E-state index contributed by atoms with van der Waals surface area (Å²) in [5.41, 5.74) is 0. The average Bonchev–Trinajstić information content (AvgIpc) is 2.96. The molecule has 0 aromatic rings. The van der Waals surface area contributed by atoms with Crippen molar-refractivity contribution in [2.75, 3.05) is 52.7 Å². The van der Waals surface area contributed by atoms with Gasteiger partial charge < -0.3 is 14.5 Å². The number of thioether (sulfide) groups is 1. The topological polar surface area (TPSA) is 58.9 Å². The van der Waals surface area contributed by atoms with E-state index in [2.05, 4.69) is 18.7 Å². The van der Waals surface area contributed by atoms with Gasteiger partial charge in [-0.3, -0.25) is 10.1 Å². The van der Waals surface area contributed by atoms with Gasteiger partial charge in [-0.2, -0.15) is 0 Å². The van der Waals surface area contributed by atoms with E-state index in [0.717, 1.165) is 52.0 Å². The number of nitro groups is 1. The van der Waals surface area contributed by atoms with Crippen LogP contribution in [0.4, 0.5) is 0 Å². The van der Waals surface area contributed by atoms with Crippen LogP contribution in [-0.4, -0.2) is 67.4 Å². The molecule has 7 heteroatoms. The van der Waals surface area contributed by atoms with Crippen molar-refractivity contribution in [3.8, 4) is 0 Å². The summed E-state index contributed by atoms with van der Waals surface area (Å²) in [5, 5.41) is 11.3. The van der Waals surface area contributed by atoms with Crippen LogP contribution in [0.5, 0.6) is 0 Å². The Morgan fingerprint density at radius 3 is 2.77 bits per heavy atom. The summed E-state index contributed by atoms with van der Waals surface area (Å²) in [6.45, 7) is 10.1. The smallest absolute Gasteiger partial charge is 0.264 e. The largest absolute Gasteiger partial charge is 0.381 e. The maximum absolute atomic E-state index is 10.6. The van der Waals surface area contributed by atoms with Crippen LogP contribution in [0.1, 0.15) is 20.3 Å². The molecule has 1 rings (SSSR count). The predicted molar refractivity (Wildman–Crippen MR) is 91.4 cm³/mol. The minimum atomic E-state index is -0.383. The summed E-state index contributed by atoms with van der Waals surface area (Å²) in [6, 6.07) is 0. The molecule has 1 fully saturated rings. The quantitative estimate of drug-likeness (QED) is 0.452. The highest BCUT2D eigenvalue weighted by atomic mass is 32.2. The van der Waals surface area contributed by atoms with Gasteiger partial charge in [-0.1, -0.05) is 13.8 Å². The van der Waals surface area contributed by atoms with Gasteiger partial charge in [-0.15, -0.1) is 11.8 Å². The fraction of sp³-hybridized carbons (Fsp3) is 0.867. The molecule has 0 saturated carbocycles. The second-order valence-electron chi connectivity index (χ2n) is 6.02. The van der Waals surface area contributed by atoms with Crippen LogP contribution in [0.15, 0.2) is 11.2 Å². The molecule has 0 aromatic carbocycles. The fourth-order valence-corrected chi connectivity index (χ4v) is 3.46. The lowest BCUT2D eigenvalue weighted by Crippen LogP contribution is -2.36. The van der Waals surface area contributed by atoms with Crippen LogP contribution in [0.3, 0.4) is 0 Å². The van der Waals surface area contributed by atoms with E-state index in [0.29, 0.717) is 16.9 Å². The zero-order valence-corrected chi connectivity index (χ0v) is 15.0. The summed E-state index contributed by atoms with van der Waals surface area (Å²) in [7, 11) is 1.92. The summed E-state index contributed by atoms with van der Waals surface area (Å²) in [5.74, 6) is 1.11. The molecule has 0 amide bonds. The normalized spacial score (nSPS) is 20.4. The number of rotatable bonds is 10. The van der Waals surface area contributed by atoms with Crippen LogP contribution >= 0.6 is 11.8 Å². The van der Waals surface area contributed by atoms with Crippen molar-refractivity contribution in [3.63, 3.8) is 0 Å². The van der Waals surface area contributed by atoms with E-state index in [1.165, 1.54) is 11.8 Å². The number of nitrogens with zero attached hydrogens (tertiary/aromatic N) is 3. The third-order valence-corrected chi connectivity index (χ3v) is 4.78. The van der Waals surface area contributed by atoms with E-state index in [9.17, 15) is 10.1 Å². The van der Waals surface area contributed by atoms with Crippen molar-refractivity contribution >= 4 is 11.8 Å². The monoisotopic (exact) mass is 331 g/mol. The summed E-state index contributed by atoms with van der Waals surface area (Å²) in [4.78, 5) is 14.7. The molecule has 128 valence electrons. The van der Waals surface area contributed by atoms with E-state index in [4.69, 9.17) is 4.74 Å². The van der Waals surface area contributed by atoms with Gasteiger partial charge in [0.2, 0.25) is 0 Å². The SMILES string of the molecule is CCN(CC(C)CN(C)C(=C[N+](=O)[O-])SC)CC1CCOC1. The van der Waals surface area contributed by atoms with Crippen LogP contribution in [-0.2, 0) is 4.74 Å².